The maximum absolute atomic E-state index is 11.4. The monoisotopic (exact) mass is 530 g/mol. The van der Waals surface area contributed by atoms with Crippen LogP contribution >= 0.6 is 11.3 Å². The van der Waals surface area contributed by atoms with Crippen molar-refractivity contribution in [3.63, 3.8) is 0 Å². The average Bonchev–Trinajstić information content (AvgIpc) is 3.22. The summed E-state index contributed by atoms with van der Waals surface area (Å²) in [5, 5.41) is 20.4. The van der Waals surface area contributed by atoms with E-state index in [0.29, 0.717) is 19.4 Å². The second kappa shape index (κ2) is 11.5. The molecule has 0 saturated carbocycles. The van der Waals surface area contributed by atoms with Gasteiger partial charge in [-0.2, -0.15) is 0 Å². The maximum Gasteiger partial charge on any atom is 0.307 e. The fourth-order valence-corrected chi connectivity index (χ4v) is 5.73. The molecule has 8 heteroatoms. The summed E-state index contributed by atoms with van der Waals surface area (Å²) in [5.41, 5.74) is 6.99. The zero-order valence-corrected chi connectivity index (χ0v) is 22.7. The number of fused-ring (bicyclic) bond motifs is 1. The molecular weight excluding hydrogens is 496 g/mol. The molecule has 1 aliphatic rings. The summed E-state index contributed by atoms with van der Waals surface area (Å²) in [6.45, 7) is 5.49. The van der Waals surface area contributed by atoms with Crippen LogP contribution in [0.1, 0.15) is 47.4 Å². The quantitative estimate of drug-likeness (QED) is 0.250. The highest BCUT2D eigenvalue weighted by Gasteiger charge is 2.28. The van der Waals surface area contributed by atoms with E-state index >= 15 is 0 Å². The molecule has 0 amide bonds. The lowest BCUT2D eigenvalue weighted by Gasteiger charge is -2.33. The van der Waals surface area contributed by atoms with E-state index < -0.39 is 6.10 Å². The molecule has 3 N–H and O–H groups in total. The zero-order chi connectivity index (χ0) is 26.6. The third-order valence-electron chi connectivity index (χ3n) is 7.04. The Kier molecular flexibility index (Phi) is 7.90. The van der Waals surface area contributed by atoms with Crippen molar-refractivity contribution in [3.05, 3.63) is 79.9 Å². The number of hydrogen-bond acceptors (Lipinski definition) is 7. The summed E-state index contributed by atoms with van der Waals surface area (Å²) in [6, 6.07) is 16.8. The molecule has 2 aromatic heterocycles. The number of aliphatic hydroxyl groups is 1. The SMILES string of the molecule is Cc1ccc(-c2nc3c(nc2-c2ccc(C)cc2)N(CCCCCCc2sc(=O)[nH]c2O)CC(O)C3)cc1. The second-order valence-corrected chi connectivity index (χ2v) is 11.2. The largest absolute Gasteiger partial charge is 0.494 e. The molecular formula is C30H34N4O3S. The minimum absolute atomic E-state index is 0.00636. The Labute approximate surface area is 226 Å². The van der Waals surface area contributed by atoms with Gasteiger partial charge in [0.05, 0.1) is 28.1 Å². The highest BCUT2D eigenvalue weighted by molar-refractivity contribution is 7.09. The van der Waals surface area contributed by atoms with Crippen molar-refractivity contribution >= 4 is 17.2 Å². The highest BCUT2D eigenvalue weighted by atomic mass is 32.1. The van der Waals surface area contributed by atoms with E-state index in [9.17, 15) is 15.0 Å². The molecule has 0 fully saturated rings. The number of unbranched alkanes of at least 4 members (excludes halogenated alkanes) is 3. The molecule has 198 valence electrons. The van der Waals surface area contributed by atoms with Crippen molar-refractivity contribution in [1.29, 1.82) is 0 Å². The van der Waals surface area contributed by atoms with Gasteiger partial charge in [0.1, 0.15) is 0 Å². The van der Waals surface area contributed by atoms with Gasteiger partial charge in [0, 0.05) is 30.6 Å². The average molecular weight is 531 g/mol. The van der Waals surface area contributed by atoms with E-state index in [-0.39, 0.29) is 10.8 Å². The highest BCUT2D eigenvalue weighted by Crippen LogP contribution is 2.35. The van der Waals surface area contributed by atoms with Gasteiger partial charge in [-0.3, -0.25) is 9.78 Å². The lowest BCUT2D eigenvalue weighted by molar-refractivity contribution is 0.173. The predicted molar refractivity (Wildman–Crippen MR) is 153 cm³/mol. The summed E-state index contributed by atoms with van der Waals surface area (Å²) >= 11 is 1.08. The second-order valence-electron chi connectivity index (χ2n) is 10.2. The number of nitrogens with zero attached hydrogens (tertiary/aromatic N) is 3. The van der Waals surface area contributed by atoms with Gasteiger partial charge in [0.25, 0.3) is 0 Å². The predicted octanol–water partition coefficient (Wildman–Crippen LogP) is 5.41. The van der Waals surface area contributed by atoms with Crippen molar-refractivity contribution in [3.8, 4) is 28.4 Å². The normalized spacial score (nSPS) is 15.0. The Morgan fingerprint density at radius 1 is 0.921 bits per heavy atom. The summed E-state index contributed by atoms with van der Waals surface area (Å²) in [4.78, 5) is 26.8. The Hall–Kier alpha value is -3.49. The summed E-state index contributed by atoms with van der Waals surface area (Å²) in [5.74, 6) is 0.871. The summed E-state index contributed by atoms with van der Waals surface area (Å²) in [7, 11) is 0. The third kappa shape index (κ3) is 5.97. The number of rotatable bonds is 9. The Morgan fingerprint density at radius 2 is 1.53 bits per heavy atom. The first-order chi connectivity index (χ1) is 18.4. The molecule has 1 atom stereocenters. The van der Waals surface area contributed by atoms with Crippen LogP contribution in [-0.2, 0) is 12.8 Å². The molecule has 0 saturated heterocycles. The fraction of sp³-hybridized carbons (Fsp3) is 0.367. The molecule has 1 unspecified atom stereocenters. The zero-order valence-electron chi connectivity index (χ0n) is 21.9. The summed E-state index contributed by atoms with van der Waals surface area (Å²) in [6.07, 6.45) is 4.61. The molecule has 0 spiro atoms. The number of aromatic amines is 1. The standard InChI is InChI=1S/C30H34N4O3S/c1-19-8-12-21(13-9-19)26-27(22-14-10-20(2)11-15-22)32-28-24(31-26)17-23(35)18-34(28)16-6-4-3-5-7-25-29(36)33-30(37)38-25/h8-15,23,35-36H,3-7,16-18H2,1-2H3,(H,33,37). The van der Waals surface area contributed by atoms with Crippen molar-refractivity contribution in [2.75, 3.05) is 18.0 Å². The molecule has 0 aliphatic carbocycles. The van der Waals surface area contributed by atoms with Gasteiger partial charge in [-0.25, -0.2) is 9.97 Å². The minimum atomic E-state index is -0.479. The number of β-amino-alcohol motifs (C(OH)–C–C–N with tert-alkyl or cyclic N) is 1. The van der Waals surface area contributed by atoms with Crippen LogP contribution in [0.3, 0.4) is 0 Å². The van der Waals surface area contributed by atoms with E-state index in [2.05, 4.69) is 72.3 Å². The van der Waals surface area contributed by atoms with Gasteiger partial charge in [-0.1, -0.05) is 83.8 Å². The molecule has 0 bridgehead atoms. The van der Waals surface area contributed by atoms with E-state index in [1.165, 1.54) is 11.1 Å². The topological polar surface area (TPSA) is 102 Å². The first-order valence-corrected chi connectivity index (χ1v) is 14.1. The Bertz CT molecular complexity index is 1440. The van der Waals surface area contributed by atoms with Crippen LogP contribution in [0.5, 0.6) is 5.88 Å². The number of thiazole rings is 1. The molecule has 4 aromatic rings. The number of aliphatic hydroxyl groups excluding tert-OH is 1. The summed E-state index contributed by atoms with van der Waals surface area (Å²) < 4.78 is 0. The van der Waals surface area contributed by atoms with Crippen molar-refractivity contribution in [1.82, 2.24) is 15.0 Å². The van der Waals surface area contributed by atoms with Gasteiger partial charge in [-0.15, -0.1) is 0 Å². The van der Waals surface area contributed by atoms with Crippen LogP contribution < -0.4 is 9.77 Å². The molecule has 1 aliphatic heterocycles. The smallest absolute Gasteiger partial charge is 0.307 e. The first kappa shape index (κ1) is 26.1. The van der Waals surface area contributed by atoms with Crippen LogP contribution in [0.25, 0.3) is 22.5 Å². The number of hydrogen-bond donors (Lipinski definition) is 3. The number of H-pyrrole nitrogens is 1. The van der Waals surface area contributed by atoms with Crippen molar-refractivity contribution in [2.45, 2.75) is 58.5 Å². The van der Waals surface area contributed by atoms with E-state index in [1.807, 2.05) is 0 Å². The molecule has 38 heavy (non-hydrogen) atoms. The molecule has 0 radical (unpaired) electrons. The minimum Gasteiger partial charge on any atom is -0.494 e. The number of aromatic hydroxyl groups is 1. The van der Waals surface area contributed by atoms with E-state index in [1.54, 1.807) is 0 Å². The molecule has 3 heterocycles. The third-order valence-corrected chi connectivity index (χ3v) is 7.97. The van der Waals surface area contributed by atoms with Crippen LogP contribution in [-0.4, -0.2) is 44.4 Å². The van der Waals surface area contributed by atoms with Crippen LogP contribution in [0.2, 0.25) is 0 Å². The van der Waals surface area contributed by atoms with Crippen molar-refractivity contribution in [2.24, 2.45) is 0 Å². The molecule has 7 nitrogen and oxygen atoms in total. The lowest BCUT2D eigenvalue weighted by Crippen LogP contribution is -2.40. The number of benzene rings is 2. The van der Waals surface area contributed by atoms with Crippen LogP contribution in [0, 0.1) is 13.8 Å². The molecule has 2 aromatic carbocycles. The maximum atomic E-state index is 11.4. The van der Waals surface area contributed by atoms with Gasteiger partial charge in [-0.05, 0) is 33.1 Å². The molecule has 5 rings (SSSR count). The van der Waals surface area contributed by atoms with Gasteiger partial charge in [0.15, 0.2) is 5.82 Å². The van der Waals surface area contributed by atoms with Crippen molar-refractivity contribution < 1.29 is 10.2 Å². The van der Waals surface area contributed by atoms with Crippen LogP contribution in [0.4, 0.5) is 5.82 Å². The lowest BCUT2D eigenvalue weighted by atomic mass is 10.00. The van der Waals surface area contributed by atoms with Gasteiger partial charge >= 0.3 is 4.87 Å². The van der Waals surface area contributed by atoms with E-state index in [4.69, 9.17) is 9.97 Å². The first-order valence-electron chi connectivity index (χ1n) is 13.3. The Morgan fingerprint density at radius 3 is 2.13 bits per heavy atom. The number of aryl methyl sites for hydroxylation is 3. The fourth-order valence-electron chi connectivity index (χ4n) is 4.97. The number of anilines is 1. The Balaban J connectivity index is 1.35. The van der Waals surface area contributed by atoms with Crippen LogP contribution in [0.15, 0.2) is 53.3 Å². The number of aromatic nitrogens is 3. The number of nitrogens with one attached hydrogen (secondary N) is 1. The van der Waals surface area contributed by atoms with Gasteiger partial charge < -0.3 is 15.1 Å². The van der Waals surface area contributed by atoms with E-state index in [0.717, 1.165) is 82.5 Å². The van der Waals surface area contributed by atoms with Gasteiger partial charge in [0.2, 0.25) is 5.88 Å².